The van der Waals surface area contributed by atoms with Crippen LogP contribution < -0.4 is 5.73 Å². The van der Waals surface area contributed by atoms with E-state index in [-0.39, 0.29) is 11.9 Å². The average molecular weight is 226 g/mol. The first-order valence-electron chi connectivity index (χ1n) is 6.46. The third kappa shape index (κ3) is 3.48. The lowest BCUT2D eigenvalue weighted by Crippen LogP contribution is -2.49. The maximum atomic E-state index is 12.1. The fraction of sp³-hybridized carbons (Fsp3) is 0.923. The molecule has 3 atom stereocenters. The van der Waals surface area contributed by atoms with Gasteiger partial charge in [0.1, 0.15) is 0 Å². The van der Waals surface area contributed by atoms with E-state index >= 15 is 0 Å². The number of rotatable bonds is 3. The molecular weight excluding hydrogens is 200 g/mol. The molecule has 0 saturated carbocycles. The van der Waals surface area contributed by atoms with Gasteiger partial charge < -0.3 is 10.6 Å². The summed E-state index contributed by atoms with van der Waals surface area (Å²) in [4.78, 5) is 14.0. The number of hydrogen-bond donors (Lipinski definition) is 1. The number of carbonyl (C=O) groups is 1. The summed E-state index contributed by atoms with van der Waals surface area (Å²) in [6, 6.07) is -0.305. The first-order chi connectivity index (χ1) is 7.41. The second-order valence-electron chi connectivity index (χ2n) is 5.76. The van der Waals surface area contributed by atoms with E-state index in [1.807, 2.05) is 4.90 Å². The van der Waals surface area contributed by atoms with E-state index in [1.165, 1.54) is 0 Å². The Kier molecular flexibility index (Phi) is 4.78. The Labute approximate surface area is 99.4 Å². The lowest BCUT2D eigenvalue weighted by atomic mass is 9.88. The number of amides is 1. The highest BCUT2D eigenvalue weighted by atomic mass is 16.2. The summed E-state index contributed by atoms with van der Waals surface area (Å²) in [5.41, 5.74) is 5.94. The molecular formula is C13H26N2O. The number of likely N-dealkylation sites (tertiary alicyclic amines) is 1. The van der Waals surface area contributed by atoms with Gasteiger partial charge in [0.25, 0.3) is 0 Å². The number of hydrogen-bond acceptors (Lipinski definition) is 2. The van der Waals surface area contributed by atoms with Crippen molar-refractivity contribution in [2.75, 3.05) is 13.1 Å². The van der Waals surface area contributed by atoms with Gasteiger partial charge in [-0.2, -0.15) is 0 Å². The Balaban J connectivity index is 2.48. The van der Waals surface area contributed by atoms with Crippen molar-refractivity contribution in [2.45, 2.75) is 46.6 Å². The molecule has 1 fully saturated rings. The van der Waals surface area contributed by atoms with Crippen molar-refractivity contribution in [3.8, 4) is 0 Å². The second kappa shape index (κ2) is 5.67. The van der Waals surface area contributed by atoms with E-state index in [0.29, 0.717) is 11.8 Å². The standard InChI is InChI=1S/C13H26N2O/c1-9(2)7-12(14)13(16)15-6-5-10(3)11(4)8-15/h9-12H,5-8,14H2,1-4H3/t10?,11?,12-/m0/s1. The van der Waals surface area contributed by atoms with Crippen LogP contribution in [0.4, 0.5) is 0 Å². The largest absolute Gasteiger partial charge is 0.341 e. The molecule has 1 aliphatic heterocycles. The fourth-order valence-electron chi connectivity index (χ4n) is 2.31. The summed E-state index contributed by atoms with van der Waals surface area (Å²) in [6.07, 6.45) is 1.90. The summed E-state index contributed by atoms with van der Waals surface area (Å²) >= 11 is 0. The van der Waals surface area contributed by atoms with E-state index < -0.39 is 0 Å². The van der Waals surface area contributed by atoms with Gasteiger partial charge >= 0.3 is 0 Å². The van der Waals surface area contributed by atoms with Crippen LogP contribution >= 0.6 is 0 Å². The van der Waals surface area contributed by atoms with E-state index in [0.717, 1.165) is 31.8 Å². The molecule has 3 heteroatoms. The van der Waals surface area contributed by atoms with Gasteiger partial charge in [0.05, 0.1) is 6.04 Å². The van der Waals surface area contributed by atoms with Crippen LogP contribution in [0.2, 0.25) is 0 Å². The zero-order chi connectivity index (χ0) is 12.3. The van der Waals surface area contributed by atoms with E-state index in [1.54, 1.807) is 0 Å². The zero-order valence-corrected chi connectivity index (χ0v) is 11.1. The third-order valence-electron chi connectivity index (χ3n) is 3.69. The van der Waals surface area contributed by atoms with Crippen molar-refractivity contribution in [3.05, 3.63) is 0 Å². The van der Waals surface area contributed by atoms with Gasteiger partial charge in [0, 0.05) is 13.1 Å². The highest BCUT2D eigenvalue weighted by Crippen LogP contribution is 2.23. The van der Waals surface area contributed by atoms with Gasteiger partial charge in [-0.1, -0.05) is 27.7 Å². The molecule has 0 radical (unpaired) electrons. The Hall–Kier alpha value is -0.570. The molecule has 0 spiro atoms. The average Bonchev–Trinajstić information content (AvgIpc) is 2.20. The summed E-state index contributed by atoms with van der Waals surface area (Å²) in [5.74, 6) is 1.96. The summed E-state index contributed by atoms with van der Waals surface area (Å²) in [5, 5.41) is 0. The minimum Gasteiger partial charge on any atom is -0.341 e. The van der Waals surface area contributed by atoms with Crippen LogP contribution in [0.25, 0.3) is 0 Å². The normalized spacial score (nSPS) is 28.2. The van der Waals surface area contributed by atoms with Crippen molar-refractivity contribution in [1.29, 1.82) is 0 Å². The van der Waals surface area contributed by atoms with Gasteiger partial charge in [-0.3, -0.25) is 4.79 Å². The lowest BCUT2D eigenvalue weighted by Gasteiger charge is -2.36. The van der Waals surface area contributed by atoms with Gasteiger partial charge in [-0.25, -0.2) is 0 Å². The molecule has 16 heavy (non-hydrogen) atoms. The molecule has 0 aromatic heterocycles. The van der Waals surface area contributed by atoms with Gasteiger partial charge in [-0.05, 0) is 30.6 Å². The van der Waals surface area contributed by atoms with E-state index in [2.05, 4.69) is 27.7 Å². The molecule has 1 amide bonds. The van der Waals surface area contributed by atoms with Crippen molar-refractivity contribution < 1.29 is 4.79 Å². The van der Waals surface area contributed by atoms with Crippen LogP contribution in [0.15, 0.2) is 0 Å². The van der Waals surface area contributed by atoms with Gasteiger partial charge in [0.15, 0.2) is 0 Å². The molecule has 1 aliphatic rings. The molecule has 1 saturated heterocycles. The van der Waals surface area contributed by atoms with Crippen molar-refractivity contribution >= 4 is 5.91 Å². The van der Waals surface area contributed by atoms with Crippen LogP contribution in [0, 0.1) is 17.8 Å². The van der Waals surface area contributed by atoms with Crippen molar-refractivity contribution in [1.82, 2.24) is 4.90 Å². The quantitative estimate of drug-likeness (QED) is 0.798. The second-order valence-corrected chi connectivity index (χ2v) is 5.76. The number of carbonyl (C=O) groups excluding carboxylic acids is 1. The number of nitrogens with two attached hydrogens (primary N) is 1. The topological polar surface area (TPSA) is 46.3 Å². The molecule has 3 nitrogen and oxygen atoms in total. The molecule has 1 rings (SSSR count). The minimum absolute atomic E-state index is 0.146. The predicted molar refractivity (Wildman–Crippen MR) is 67.0 cm³/mol. The highest BCUT2D eigenvalue weighted by Gasteiger charge is 2.28. The monoisotopic (exact) mass is 226 g/mol. The summed E-state index contributed by atoms with van der Waals surface area (Å²) in [7, 11) is 0. The van der Waals surface area contributed by atoms with E-state index in [4.69, 9.17) is 5.73 Å². The SMILES string of the molecule is CC(C)C[C@H](N)C(=O)N1CCC(C)C(C)C1. The highest BCUT2D eigenvalue weighted by molar-refractivity contribution is 5.81. The lowest BCUT2D eigenvalue weighted by molar-refractivity contribution is -0.135. The van der Waals surface area contributed by atoms with Crippen LogP contribution in [-0.4, -0.2) is 29.9 Å². The number of piperidine rings is 1. The Bertz CT molecular complexity index is 240. The minimum atomic E-state index is -0.305. The molecule has 94 valence electrons. The summed E-state index contributed by atoms with van der Waals surface area (Å²) < 4.78 is 0. The third-order valence-corrected chi connectivity index (χ3v) is 3.69. The van der Waals surface area contributed by atoms with E-state index in [9.17, 15) is 4.79 Å². The zero-order valence-electron chi connectivity index (χ0n) is 11.1. The van der Waals surface area contributed by atoms with Gasteiger partial charge in [-0.15, -0.1) is 0 Å². The van der Waals surface area contributed by atoms with Crippen LogP contribution in [-0.2, 0) is 4.79 Å². The molecule has 2 N–H and O–H groups in total. The Morgan fingerprint density at radius 2 is 2.00 bits per heavy atom. The Morgan fingerprint density at radius 1 is 1.38 bits per heavy atom. The fourth-order valence-corrected chi connectivity index (χ4v) is 2.31. The first kappa shape index (κ1) is 13.5. The predicted octanol–water partition coefficient (Wildman–Crippen LogP) is 1.86. The molecule has 0 aromatic rings. The maximum Gasteiger partial charge on any atom is 0.239 e. The first-order valence-corrected chi connectivity index (χ1v) is 6.46. The van der Waals surface area contributed by atoms with Crippen molar-refractivity contribution in [3.63, 3.8) is 0 Å². The van der Waals surface area contributed by atoms with Crippen LogP contribution in [0.1, 0.15) is 40.5 Å². The van der Waals surface area contributed by atoms with Crippen LogP contribution in [0.3, 0.4) is 0 Å². The molecule has 2 unspecified atom stereocenters. The van der Waals surface area contributed by atoms with Crippen LogP contribution in [0.5, 0.6) is 0 Å². The summed E-state index contributed by atoms with van der Waals surface area (Å²) in [6.45, 7) is 10.5. The molecule has 1 heterocycles. The number of nitrogens with zero attached hydrogens (tertiary/aromatic N) is 1. The maximum absolute atomic E-state index is 12.1. The molecule has 0 aliphatic carbocycles. The molecule has 0 bridgehead atoms. The van der Waals surface area contributed by atoms with Gasteiger partial charge in [0.2, 0.25) is 5.91 Å². The molecule has 0 aromatic carbocycles. The Morgan fingerprint density at radius 3 is 2.50 bits per heavy atom. The smallest absolute Gasteiger partial charge is 0.239 e. The van der Waals surface area contributed by atoms with Crippen molar-refractivity contribution in [2.24, 2.45) is 23.5 Å².